The number of carbonyl (C=O) groups is 1. The van der Waals surface area contributed by atoms with Gasteiger partial charge in [0, 0.05) is 6.20 Å². The van der Waals surface area contributed by atoms with E-state index in [4.69, 9.17) is 5.73 Å². The van der Waals surface area contributed by atoms with Crippen LogP contribution in [0.5, 0.6) is 0 Å². The Bertz CT molecular complexity index is 378. The molecular weight excluding hydrogens is 199 g/mol. The first-order valence-electron chi connectivity index (χ1n) is 4.82. The van der Waals surface area contributed by atoms with Crippen molar-refractivity contribution in [1.82, 2.24) is 9.78 Å². The summed E-state index contributed by atoms with van der Waals surface area (Å²) >= 11 is 0. The lowest BCUT2D eigenvalue weighted by atomic mass is 9.97. The summed E-state index contributed by atoms with van der Waals surface area (Å²) in [6.45, 7) is 1.62. The molecule has 0 bridgehead atoms. The molecule has 1 amide bonds. The number of carbonyl (C=O) groups excluding carboxylic acids is 1. The van der Waals surface area contributed by atoms with Gasteiger partial charge in [0.05, 0.1) is 24.5 Å². The van der Waals surface area contributed by atoms with Crippen LogP contribution in [-0.4, -0.2) is 34.4 Å². The first-order valence-corrected chi connectivity index (χ1v) is 4.82. The van der Waals surface area contributed by atoms with Crippen molar-refractivity contribution >= 4 is 11.6 Å². The monoisotopic (exact) mass is 212 g/mol. The summed E-state index contributed by atoms with van der Waals surface area (Å²) in [5.41, 5.74) is 6.26. The topological polar surface area (TPSA) is 64.2 Å². The third-order valence-electron chi connectivity index (χ3n) is 2.66. The van der Waals surface area contributed by atoms with Gasteiger partial charge in [-0.2, -0.15) is 5.10 Å². The number of nitrogens with two attached hydrogens (primary N) is 1. The number of aromatic nitrogens is 2. The molecule has 1 aliphatic heterocycles. The van der Waals surface area contributed by atoms with Gasteiger partial charge in [-0.05, 0) is 6.92 Å². The van der Waals surface area contributed by atoms with Crippen LogP contribution in [0.1, 0.15) is 6.92 Å². The molecule has 0 spiro atoms. The third-order valence-corrected chi connectivity index (χ3v) is 2.66. The van der Waals surface area contributed by atoms with Crippen molar-refractivity contribution in [1.29, 1.82) is 0 Å². The van der Waals surface area contributed by atoms with E-state index in [2.05, 4.69) is 5.10 Å². The van der Waals surface area contributed by atoms with Crippen molar-refractivity contribution in [3.05, 3.63) is 12.4 Å². The average Bonchev–Trinajstić information content (AvgIpc) is 2.66. The fourth-order valence-electron chi connectivity index (χ4n) is 1.69. The number of rotatable bonds is 3. The molecule has 2 N–H and O–H groups in total. The molecule has 0 aliphatic carbocycles. The Hall–Kier alpha value is -1.43. The lowest BCUT2D eigenvalue weighted by Crippen LogP contribution is -2.67. The molecule has 5 nitrogen and oxygen atoms in total. The minimum atomic E-state index is -0.468. The highest BCUT2D eigenvalue weighted by Gasteiger charge is 2.43. The zero-order chi connectivity index (χ0) is 11.0. The van der Waals surface area contributed by atoms with E-state index in [1.54, 1.807) is 17.3 Å². The zero-order valence-corrected chi connectivity index (χ0v) is 8.43. The number of halogens is 1. The number of aryl methyl sites for hydroxylation is 1. The number of amides is 1. The van der Waals surface area contributed by atoms with Crippen LogP contribution in [0.3, 0.4) is 0 Å². The smallest absolute Gasteiger partial charge is 0.246 e. The van der Waals surface area contributed by atoms with Crippen LogP contribution in [0.4, 0.5) is 10.1 Å². The fourth-order valence-corrected chi connectivity index (χ4v) is 1.69. The lowest BCUT2D eigenvalue weighted by Gasteiger charge is -2.42. The van der Waals surface area contributed by atoms with Gasteiger partial charge in [0.2, 0.25) is 5.91 Å². The third kappa shape index (κ3) is 1.50. The summed E-state index contributed by atoms with van der Waals surface area (Å²) in [4.78, 5) is 13.0. The molecule has 1 fully saturated rings. The summed E-state index contributed by atoms with van der Waals surface area (Å²) in [6, 6.07) is -0.435. The van der Waals surface area contributed by atoms with Gasteiger partial charge < -0.3 is 10.6 Å². The second-order valence-corrected chi connectivity index (χ2v) is 3.63. The molecule has 0 aromatic carbocycles. The van der Waals surface area contributed by atoms with Crippen molar-refractivity contribution in [3.63, 3.8) is 0 Å². The van der Waals surface area contributed by atoms with E-state index in [0.29, 0.717) is 5.69 Å². The summed E-state index contributed by atoms with van der Waals surface area (Å²) < 4.78 is 13.5. The Morgan fingerprint density at radius 2 is 2.40 bits per heavy atom. The van der Waals surface area contributed by atoms with Gasteiger partial charge in [0.1, 0.15) is 12.7 Å². The fraction of sp³-hybridized carbons (Fsp3) is 0.556. The van der Waals surface area contributed by atoms with Crippen LogP contribution in [-0.2, 0) is 11.3 Å². The molecule has 2 rings (SSSR count). The normalized spacial score (nSPS) is 25.5. The van der Waals surface area contributed by atoms with E-state index < -0.39 is 12.7 Å². The van der Waals surface area contributed by atoms with Gasteiger partial charge in [0.15, 0.2) is 0 Å². The number of hydrogen-bond donors (Lipinski definition) is 1. The van der Waals surface area contributed by atoms with Crippen LogP contribution >= 0.6 is 0 Å². The number of anilines is 1. The SMILES string of the molecule is C[C@H]1[C@@H](N)C(=O)N1c1cnn(CCF)c1. The minimum Gasteiger partial charge on any atom is -0.318 e. The number of alkyl halides is 1. The van der Waals surface area contributed by atoms with Crippen LogP contribution in [0, 0.1) is 0 Å². The maximum absolute atomic E-state index is 12.0. The summed E-state index contributed by atoms with van der Waals surface area (Å²) in [7, 11) is 0. The minimum absolute atomic E-state index is 0.0134. The maximum Gasteiger partial charge on any atom is 0.246 e. The Morgan fingerprint density at radius 3 is 3.00 bits per heavy atom. The largest absolute Gasteiger partial charge is 0.318 e. The van der Waals surface area contributed by atoms with E-state index in [0.717, 1.165) is 0 Å². The molecule has 1 aliphatic rings. The highest BCUT2D eigenvalue weighted by Crippen LogP contribution is 2.26. The highest BCUT2D eigenvalue weighted by atomic mass is 19.1. The van der Waals surface area contributed by atoms with Crippen LogP contribution in [0.15, 0.2) is 12.4 Å². The molecule has 1 aromatic rings. The molecular formula is C9H13FN4O. The summed E-state index contributed by atoms with van der Waals surface area (Å²) in [6.07, 6.45) is 3.20. The first-order chi connectivity index (χ1) is 7.15. The van der Waals surface area contributed by atoms with Crippen molar-refractivity contribution in [2.24, 2.45) is 5.73 Å². The van der Waals surface area contributed by atoms with Gasteiger partial charge in [-0.3, -0.25) is 9.48 Å². The van der Waals surface area contributed by atoms with Gasteiger partial charge >= 0.3 is 0 Å². The Balaban J connectivity index is 2.13. The summed E-state index contributed by atoms with van der Waals surface area (Å²) in [5.74, 6) is -0.109. The second-order valence-electron chi connectivity index (χ2n) is 3.63. The van der Waals surface area contributed by atoms with Crippen molar-refractivity contribution in [2.45, 2.75) is 25.6 Å². The standard InChI is InChI=1S/C9H13FN4O/c1-6-8(11)9(15)14(6)7-4-12-13(5-7)3-2-10/h4-6,8H,2-3,11H2,1H3/t6-,8+/m0/s1. The van der Waals surface area contributed by atoms with E-state index in [9.17, 15) is 9.18 Å². The summed E-state index contributed by atoms with van der Waals surface area (Å²) in [5, 5.41) is 3.94. The van der Waals surface area contributed by atoms with E-state index in [1.165, 1.54) is 4.68 Å². The van der Waals surface area contributed by atoms with Crippen LogP contribution in [0.2, 0.25) is 0 Å². The Morgan fingerprint density at radius 1 is 1.67 bits per heavy atom. The van der Waals surface area contributed by atoms with Crippen LogP contribution < -0.4 is 10.6 Å². The molecule has 1 aromatic heterocycles. The molecule has 6 heteroatoms. The molecule has 0 radical (unpaired) electrons. The number of β-lactam (4-membered cyclic amide) rings is 1. The predicted octanol–water partition coefficient (Wildman–Crippen LogP) is -0.0850. The highest BCUT2D eigenvalue weighted by molar-refractivity contribution is 6.04. The lowest BCUT2D eigenvalue weighted by molar-refractivity contribution is -0.125. The van der Waals surface area contributed by atoms with Gasteiger partial charge in [-0.25, -0.2) is 4.39 Å². The Labute approximate surface area is 86.6 Å². The predicted molar refractivity (Wildman–Crippen MR) is 53.1 cm³/mol. The molecule has 1 saturated heterocycles. The van der Waals surface area contributed by atoms with Gasteiger partial charge in [-0.1, -0.05) is 0 Å². The maximum atomic E-state index is 12.0. The second kappa shape index (κ2) is 3.62. The van der Waals surface area contributed by atoms with Crippen molar-refractivity contribution < 1.29 is 9.18 Å². The number of hydrogen-bond acceptors (Lipinski definition) is 3. The van der Waals surface area contributed by atoms with Crippen molar-refractivity contribution in [2.75, 3.05) is 11.6 Å². The zero-order valence-electron chi connectivity index (χ0n) is 8.43. The molecule has 0 unspecified atom stereocenters. The quantitative estimate of drug-likeness (QED) is 0.712. The van der Waals surface area contributed by atoms with E-state index in [1.807, 2.05) is 6.92 Å². The van der Waals surface area contributed by atoms with Gasteiger partial charge in [-0.15, -0.1) is 0 Å². The molecule has 15 heavy (non-hydrogen) atoms. The van der Waals surface area contributed by atoms with E-state index >= 15 is 0 Å². The van der Waals surface area contributed by atoms with Crippen molar-refractivity contribution in [3.8, 4) is 0 Å². The van der Waals surface area contributed by atoms with Gasteiger partial charge in [0.25, 0.3) is 0 Å². The molecule has 2 atom stereocenters. The first kappa shape index (κ1) is 10.1. The van der Waals surface area contributed by atoms with E-state index in [-0.39, 0.29) is 18.5 Å². The van der Waals surface area contributed by atoms with Crippen LogP contribution in [0.25, 0.3) is 0 Å². The average molecular weight is 212 g/mol. The molecule has 82 valence electrons. The molecule has 2 heterocycles. The molecule has 0 saturated carbocycles. The Kier molecular flexibility index (Phi) is 2.44. The number of nitrogens with zero attached hydrogens (tertiary/aromatic N) is 3.